The molecule has 104 valence electrons. The lowest BCUT2D eigenvalue weighted by atomic mass is 10.2. The van der Waals surface area contributed by atoms with Gasteiger partial charge < -0.3 is 10.1 Å². The first-order valence-corrected chi connectivity index (χ1v) is 6.35. The van der Waals surface area contributed by atoms with Crippen LogP contribution in [0.4, 0.5) is 0 Å². The topological polar surface area (TPSA) is 68.3 Å². The van der Waals surface area contributed by atoms with Crippen LogP contribution in [0.3, 0.4) is 0 Å². The number of nitrogens with one attached hydrogen (secondary N) is 1. The van der Waals surface area contributed by atoms with Crippen molar-refractivity contribution in [3.05, 3.63) is 29.6 Å². The van der Waals surface area contributed by atoms with Crippen LogP contribution >= 0.6 is 0 Å². The van der Waals surface area contributed by atoms with Crippen molar-refractivity contribution in [2.75, 3.05) is 6.61 Å². The minimum atomic E-state index is -0.602. The van der Waals surface area contributed by atoms with Gasteiger partial charge in [-0.05, 0) is 38.8 Å². The van der Waals surface area contributed by atoms with E-state index >= 15 is 0 Å². The number of nitrogens with zero attached hydrogens (tertiary/aromatic N) is 1. The van der Waals surface area contributed by atoms with Crippen molar-refractivity contribution in [3.63, 3.8) is 0 Å². The third-order valence-electron chi connectivity index (χ3n) is 2.54. The molecule has 0 aliphatic carbocycles. The average molecular weight is 264 g/mol. The Balaban J connectivity index is 2.23. The smallest absolute Gasteiger partial charge is 0.328 e. The summed E-state index contributed by atoms with van der Waals surface area (Å²) < 4.78 is 5.08. The lowest BCUT2D eigenvalue weighted by molar-refractivity contribution is -0.147. The Morgan fingerprint density at radius 2 is 2.16 bits per heavy atom. The van der Waals surface area contributed by atoms with Crippen molar-refractivity contribution in [2.45, 2.75) is 39.7 Å². The Morgan fingerprint density at radius 1 is 1.42 bits per heavy atom. The first-order chi connectivity index (χ1) is 8.99. The summed E-state index contributed by atoms with van der Waals surface area (Å²) in [5, 5.41) is 2.48. The molecular weight excluding hydrogens is 244 g/mol. The molecule has 19 heavy (non-hydrogen) atoms. The highest BCUT2D eigenvalue weighted by atomic mass is 16.5. The van der Waals surface area contributed by atoms with E-state index in [1.807, 2.05) is 25.1 Å². The number of esters is 1. The minimum Gasteiger partial charge on any atom is -0.464 e. The van der Waals surface area contributed by atoms with E-state index in [0.717, 1.165) is 24.2 Å². The first-order valence-electron chi connectivity index (χ1n) is 6.35. The zero-order chi connectivity index (χ0) is 14.3. The molecule has 0 bridgehead atoms. The molecule has 0 aliphatic rings. The maximum atomic E-state index is 11.5. The van der Waals surface area contributed by atoms with Crippen LogP contribution in [-0.2, 0) is 20.7 Å². The van der Waals surface area contributed by atoms with E-state index < -0.39 is 12.0 Å². The van der Waals surface area contributed by atoms with E-state index in [9.17, 15) is 9.59 Å². The second-order valence-electron chi connectivity index (χ2n) is 4.46. The normalized spacial score (nSPS) is 11.7. The van der Waals surface area contributed by atoms with Gasteiger partial charge in [0, 0.05) is 18.3 Å². The number of carbonyl (C=O) groups excluding carboxylic acids is 2. The summed E-state index contributed by atoms with van der Waals surface area (Å²) >= 11 is 0. The van der Waals surface area contributed by atoms with Gasteiger partial charge in [-0.3, -0.25) is 9.78 Å². The third-order valence-corrected chi connectivity index (χ3v) is 2.54. The molecule has 0 saturated carbocycles. The van der Waals surface area contributed by atoms with Crippen LogP contribution in [0, 0.1) is 6.92 Å². The monoisotopic (exact) mass is 264 g/mol. The lowest BCUT2D eigenvalue weighted by Gasteiger charge is -2.11. The molecule has 0 aliphatic heterocycles. The molecule has 5 nitrogen and oxygen atoms in total. The lowest BCUT2D eigenvalue weighted by Crippen LogP contribution is -2.38. The number of aromatic nitrogens is 1. The molecule has 1 atom stereocenters. The van der Waals surface area contributed by atoms with Crippen LogP contribution in [0.2, 0.25) is 0 Å². The molecule has 0 radical (unpaired) electrons. The summed E-state index contributed by atoms with van der Waals surface area (Å²) in [4.78, 5) is 26.6. The van der Waals surface area contributed by atoms with Gasteiger partial charge >= 0.3 is 5.97 Å². The molecule has 1 N–H and O–H groups in total. The zero-order valence-electron chi connectivity index (χ0n) is 11.6. The molecular formula is C14H20N2O3. The van der Waals surface area contributed by atoms with Crippen molar-refractivity contribution < 1.29 is 14.3 Å². The maximum absolute atomic E-state index is 11.5. The summed E-state index contributed by atoms with van der Waals surface area (Å²) in [5.41, 5.74) is 1.97. The van der Waals surface area contributed by atoms with Gasteiger partial charge in [-0.1, -0.05) is 6.07 Å². The van der Waals surface area contributed by atoms with E-state index in [-0.39, 0.29) is 5.91 Å². The Kier molecular flexibility index (Phi) is 5.99. The Hall–Kier alpha value is -1.91. The molecule has 1 aromatic heterocycles. The molecule has 0 saturated heterocycles. The van der Waals surface area contributed by atoms with E-state index in [2.05, 4.69) is 10.3 Å². The number of hydrogen-bond donors (Lipinski definition) is 1. The average Bonchev–Trinajstić information content (AvgIpc) is 2.33. The van der Waals surface area contributed by atoms with Crippen LogP contribution in [0.25, 0.3) is 0 Å². The molecule has 1 unspecified atom stereocenters. The highest BCUT2D eigenvalue weighted by molar-refractivity contribution is 5.82. The molecule has 5 heteroatoms. The number of hydrogen-bond acceptors (Lipinski definition) is 4. The molecule has 1 heterocycles. The fourth-order valence-electron chi connectivity index (χ4n) is 1.65. The predicted octanol–water partition coefficient (Wildman–Crippen LogP) is 1.39. The fourth-order valence-corrected chi connectivity index (χ4v) is 1.65. The van der Waals surface area contributed by atoms with Crippen molar-refractivity contribution in [1.82, 2.24) is 10.3 Å². The molecule has 0 fully saturated rings. The summed E-state index contributed by atoms with van der Waals surface area (Å²) in [6.45, 7) is 5.25. The van der Waals surface area contributed by atoms with Crippen molar-refractivity contribution in [1.29, 1.82) is 0 Å². The molecule has 1 rings (SSSR count). The van der Waals surface area contributed by atoms with E-state index in [4.69, 9.17) is 4.74 Å². The van der Waals surface area contributed by atoms with Crippen molar-refractivity contribution in [2.24, 2.45) is 0 Å². The summed E-state index contributed by atoms with van der Waals surface area (Å²) in [7, 11) is 0. The van der Waals surface area contributed by atoms with Crippen LogP contribution in [0.5, 0.6) is 0 Å². The number of carbonyl (C=O) groups is 2. The van der Waals surface area contributed by atoms with Gasteiger partial charge in [0.05, 0.1) is 6.61 Å². The Morgan fingerprint density at radius 3 is 2.79 bits per heavy atom. The summed E-state index contributed by atoms with van der Waals surface area (Å²) in [6, 6.07) is 5.25. The molecule has 1 amide bonds. The fraction of sp³-hybridized carbons (Fsp3) is 0.500. The highest BCUT2D eigenvalue weighted by Crippen LogP contribution is 2.02. The largest absolute Gasteiger partial charge is 0.464 e. The molecule has 0 spiro atoms. The van der Waals surface area contributed by atoms with E-state index in [1.54, 1.807) is 6.92 Å². The van der Waals surface area contributed by atoms with Gasteiger partial charge in [0.2, 0.25) is 5.91 Å². The summed E-state index contributed by atoms with van der Waals surface area (Å²) in [5.74, 6) is -0.652. The zero-order valence-corrected chi connectivity index (χ0v) is 11.6. The Bertz CT molecular complexity index is 446. The summed E-state index contributed by atoms with van der Waals surface area (Å²) in [6.07, 6.45) is 1.48. The van der Waals surface area contributed by atoms with Gasteiger partial charge in [0.25, 0.3) is 0 Å². The first kappa shape index (κ1) is 15.1. The number of pyridine rings is 1. The van der Waals surface area contributed by atoms with Gasteiger partial charge in [-0.2, -0.15) is 0 Å². The van der Waals surface area contributed by atoms with Crippen LogP contribution in [0.1, 0.15) is 31.7 Å². The number of aryl methyl sites for hydroxylation is 2. The SMILES string of the molecule is CC(=O)NC(C)C(=O)OCCCc1cccc(C)n1. The third kappa shape index (κ3) is 5.99. The van der Waals surface area contributed by atoms with Gasteiger partial charge in [-0.25, -0.2) is 4.79 Å². The second kappa shape index (κ2) is 7.51. The van der Waals surface area contributed by atoms with Gasteiger partial charge in [0.1, 0.15) is 6.04 Å². The van der Waals surface area contributed by atoms with Crippen molar-refractivity contribution in [3.8, 4) is 0 Å². The van der Waals surface area contributed by atoms with E-state index in [1.165, 1.54) is 6.92 Å². The molecule has 1 aromatic rings. The van der Waals surface area contributed by atoms with Crippen molar-refractivity contribution >= 4 is 11.9 Å². The minimum absolute atomic E-state index is 0.242. The predicted molar refractivity (Wildman–Crippen MR) is 71.5 cm³/mol. The highest BCUT2D eigenvalue weighted by Gasteiger charge is 2.14. The Labute approximate surface area is 113 Å². The van der Waals surface area contributed by atoms with Gasteiger partial charge in [-0.15, -0.1) is 0 Å². The second-order valence-corrected chi connectivity index (χ2v) is 4.46. The van der Waals surface area contributed by atoms with Crippen LogP contribution < -0.4 is 5.32 Å². The van der Waals surface area contributed by atoms with Crippen LogP contribution in [-0.4, -0.2) is 29.5 Å². The van der Waals surface area contributed by atoms with E-state index in [0.29, 0.717) is 6.61 Å². The van der Waals surface area contributed by atoms with Crippen LogP contribution in [0.15, 0.2) is 18.2 Å². The molecule has 0 aromatic carbocycles. The van der Waals surface area contributed by atoms with Gasteiger partial charge in [0.15, 0.2) is 0 Å². The number of rotatable bonds is 6. The quantitative estimate of drug-likeness (QED) is 0.622. The maximum Gasteiger partial charge on any atom is 0.328 e. The number of ether oxygens (including phenoxy) is 1. The standard InChI is InChI=1S/C14H20N2O3/c1-10-6-4-7-13(15-10)8-5-9-19-14(18)11(2)16-12(3)17/h4,6-7,11H,5,8-9H2,1-3H3,(H,16,17). The number of amides is 1.